The Morgan fingerprint density at radius 3 is 2.44 bits per heavy atom. The summed E-state index contributed by atoms with van der Waals surface area (Å²) in [5.74, 6) is -1.97. The lowest BCUT2D eigenvalue weighted by atomic mass is 10.2. The smallest absolute Gasteiger partial charge is 0.340 e. The maximum atomic E-state index is 12.0. The largest absolute Gasteiger partial charge is 0.452 e. The van der Waals surface area contributed by atoms with Gasteiger partial charge in [0.05, 0.1) is 22.0 Å². The van der Waals surface area contributed by atoms with Gasteiger partial charge in [-0.05, 0) is 25.2 Å². The highest BCUT2D eigenvalue weighted by atomic mass is 35.5. The number of carbonyl (C=O) groups excluding carboxylic acids is 3. The number of ether oxygens (including phenoxy) is 1. The summed E-state index contributed by atoms with van der Waals surface area (Å²) < 4.78 is 30.4. The first kappa shape index (κ1) is 20.9. The number of halogens is 1. The Hall–Kier alpha value is -2.17. The molecule has 0 bridgehead atoms. The van der Waals surface area contributed by atoms with Crippen molar-refractivity contribution in [3.8, 4) is 0 Å². The van der Waals surface area contributed by atoms with E-state index in [4.69, 9.17) is 16.3 Å². The summed E-state index contributed by atoms with van der Waals surface area (Å²) >= 11 is 5.87. The molecule has 11 heteroatoms. The van der Waals surface area contributed by atoms with Crippen molar-refractivity contribution in [2.45, 2.75) is 4.90 Å². The molecular weight excluding hydrogens is 374 g/mol. The minimum Gasteiger partial charge on any atom is -0.452 e. The van der Waals surface area contributed by atoms with Crippen LogP contribution in [-0.2, 0) is 24.3 Å². The molecule has 1 aromatic rings. The van der Waals surface area contributed by atoms with Gasteiger partial charge in [0.2, 0.25) is 15.9 Å². The van der Waals surface area contributed by atoms with Crippen LogP contribution < -0.4 is 10.0 Å². The third kappa shape index (κ3) is 6.00. The second kappa shape index (κ2) is 8.79. The predicted octanol–water partition coefficient (Wildman–Crippen LogP) is -0.391. The molecule has 0 aliphatic rings. The van der Waals surface area contributed by atoms with Crippen molar-refractivity contribution in [3.63, 3.8) is 0 Å². The van der Waals surface area contributed by atoms with Crippen molar-refractivity contribution in [3.05, 3.63) is 28.8 Å². The number of hydrogen-bond acceptors (Lipinski definition) is 6. The highest BCUT2D eigenvalue weighted by Gasteiger charge is 2.19. The molecule has 1 aromatic carbocycles. The molecule has 2 amide bonds. The SMILES string of the molecule is CNS(=O)(=O)c1ccc(Cl)c(C(=O)OCC(=O)NCC(=O)N(C)C)c1. The standard InChI is InChI=1S/C14H18ClN3O6S/c1-16-25(22,23)9-4-5-11(15)10(6-9)14(21)24-8-12(19)17-7-13(20)18(2)3/h4-6,16H,7-8H2,1-3H3,(H,17,19). The summed E-state index contributed by atoms with van der Waals surface area (Å²) in [6.07, 6.45) is 0. The molecule has 25 heavy (non-hydrogen) atoms. The monoisotopic (exact) mass is 391 g/mol. The maximum absolute atomic E-state index is 12.0. The van der Waals surface area contributed by atoms with Crippen LogP contribution in [0.5, 0.6) is 0 Å². The number of amides is 2. The molecule has 138 valence electrons. The van der Waals surface area contributed by atoms with Crippen molar-refractivity contribution >= 4 is 39.4 Å². The number of likely N-dealkylation sites (N-methyl/N-ethyl adjacent to an activating group) is 1. The van der Waals surface area contributed by atoms with Gasteiger partial charge in [-0.25, -0.2) is 17.9 Å². The van der Waals surface area contributed by atoms with E-state index in [2.05, 4.69) is 10.0 Å². The third-order valence-electron chi connectivity index (χ3n) is 3.01. The molecule has 0 heterocycles. The topological polar surface area (TPSA) is 122 Å². The van der Waals surface area contributed by atoms with E-state index in [0.29, 0.717) is 0 Å². The summed E-state index contributed by atoms with van der Waals surface area (Å²) in [5, 5.41) is 2.26. The van der Waals surface area contributed by atoms with Crippen LogP contribution in [0.2, 0.25) is 5.02 Å². The molecule has 0 aromatic heterocycles. The van der Waals surface area contributed by atoms with Crippen LogP contribution in [0.4, 0.5) is 0 Å². The van der Waals surface area contributed by atoms with Gasteiger partial charge in [0.1, 0.15) is 0 Å². The van der Waals surface area contributed by atoms with Crippen LogP contribution in [0.3, 0.4) is 0 Å². The van der Waals surface area contributed by atoms with Crippen LogP contribution in [0, 0.1) is 0 Å². The first-order chi connectivity index (χ1) is 11.6. The highest BCUT2D eigenvalue weighted by Crippen LogP contribution is 2.21. The predicted molar refractivity (Wildman–Crippen MR) is 89.7 cm³/mol. The first-order valence-electron chi connectivity index (χ1n) is 6.95. The Bertz CT molecular complexity index is 779. The molecule has 0 aliphatic carbocycles. The lowest BCUT2D eigenvalue weighted by Gasteiger charge is -2.11. The number of esters is 1. The first-order valence-corrected chi connectivity index (χ1v) is 8.81. The van der Waals surface area contributed by atoms with E-state index >= 15 is 0 Å². The van der Waals surface area contributed by atoms with E-state index in [1.807, 2.05) is 0 Å². The van der Waals surface area contributed by atoms with Crippen molar-refractivity contribution in [1.29, 1.82) is 0 Å². The lowest BCUT2D eigenvalue weighted by molar-refractivity contribution is -0.131. The molecule has 9 nitrogen and oxygen atoms in total. The van der Waals surface area contributed by atoms with Crippen molar-refractivity contribution in [2.24, 2.45) is 0 Å². The molecule has 0 unspecified atom stereocenters. The Kier molecular flexibility index (Phi) is 7.34. The summed E-state index contributed by atoms with van der Waals surface area (Å²) in [4.78, 5) is 36.0. The van der Waals surface area contributed by atoms with Gasteiger partial charge >= 0.3 is 5.97 Å². The van der Waals surface area contributed by atoms with E-state index in [-0.39, 0.29) is 27.9 Å². The number of sulfonamides is 1. The molecule has 0 spiro atoms. The van der Waals surface area contributed by atoms with Crippen LogP contribution in [0.25, 0.3) is 0 Å². The van der Waals surface area contributed by atoms with Gasteiger partial charge < -0.3 is 15.0 Å². The Morgan fingerprint density at radius 1 is 1.24 bits per heavy atom. The Labute approximate surface area is 150 Å². The fourth-order valence-corrected chi connectivity index (χ4v) is 2.49. The van der Waals surface area contributed by atoms with E-state index in [0.717, 1.165) is 6.07 Å². The average Bonchev–Trinajstić information content (AvgIpc) is 2.57. The molecule has 0 saturated heterocycles. The Morgan fingerprint density at radius 2 is 1.88 bits per heavy atom. The Balaban J connectivity index is 2.73. The highest BCUT2D eigenvalue weighted by molar-refractivity contribution is 7.89. The minimum absolute atomic E-state index is 0.0248. The summed E-state index contributed by atoms with van der Waals surface area (Å²) in [6.45, 7) is -0.876. The van der Waals surface area contributed by atoms with Gasteiger partial charge in [0.25, 0.3) is 5.91 Å². The van der Waals surface area contributed by atoms with E-state index in [1.54, 1.807) is 0 Å². The number of benzene rings is 1. The molecular formula is C14H18ClN3O6S. The zero-order valence-corrected chi connectivity index (χ0v) is 15.4. The quantitative estimate of drug-likeness (QED) is 0.610. The molecule has 0 saturated carbocycles. The van der Waals surface area contributed by atoms with E-state index in [9.17, 15) is 22.8 Å². The van der Waals surface area contributed by atoms with E-state index < -0.39 is 28.5 Å². The van der Waals surface area contributed by atoms with E-state index in [1.165, 1.54) is 38.2 Å². The van der Waals surface area contributed by atoms with Gasteiger partial charge in [-0.15, -0.1) is 0 Å². The molecule has 0 aliphatic heterocycles. The fraction of sp³-hybridized carbons (Fsp3) is 0.357. The number of rotatable bonds is 7. The van der Waals surface area contributed by atoms with Crippen molar-refractivity contribution in [1.82, 2.24) is 14.9 Å². The fourth-order valence-electron chi connectivity index (χ4n) is 1.54. The normalized spacial score (nSPS) is 10.9. The number of hydrogen-bond donors (Lipinski definition) is 2. The van der Waals surface area contributed by atoms with Crippen molar-refractivity contribution < 1.29 is 27.5 Å². The number of nitrogens with zero attached hydrogens (tertiary/aromatic N) is 1. The number of nitrogens with one attached hydrogen (secondary N) is 2. The average molecular weight is 392 g/mol. The summed E-state index contributed by atoms with van der Waals surface area (Å²) in [7, 11) is 0.518. The third-order valence-corrected chi connectivity index (χ3v) is 4.75. The van der Waals surface area contributed by atoms with Gasteiger partial charge in [0, 0.05) is 14.1 Å². The number of carbonyl (C=O) groups is 3. The van der Waals surface area contributed by atoms with Crippen LogP contribution in [0.15, 0.2) is 23.1 Å². The maximum Gasteiger partial charge on any atom is 0.340 e. The van der Waals surface area contributed by atoms with Crippen LogP contribution in [0.1, 0.15) is 10.4 Å². The molecule has 1 rings (SSSR count). The molecule has 0 atom stereocenters. The molecule has 2 N–H and O–H groups in total. The van der Waals surface area contributed by atoms with Crippen LogP contribution in [-0.4, -0.2) is 65.4 Å². The lowest BCUT2D eigenvalue weighted by Crippen LogP contribution is -2.38. The molecule has 0 fully saturated rings. The second-order valence-electron chi connectivity index (χ2n) is 4.99. The molecule has 0 radical (unpaired) electrons. The second-order valence-corrected chi connectivity index (χ2v) is 7.28. The van der Waals surface area contributed by atoms with Gasteiger partial charge in [-0.3, -0.25) is 9.59 Å². The minimum atomic E-state index is -3.77. The zero-order valence-electron chi connectivity index (χ0n) is 13.8. The van der Waals surface area contributed by atoms with Gasteiger partial charge in [0.15, 0.2) is 6.61 Å². The van der Waals surface area contributed by atoms with Gasteiger partial charge in [-0.2, -0.15) is 0 Å². The zero-order chi connectivity index (χ0) is 19.2. The van der Waals surface area contributed by atoms with Crippen LogP contribution >= 0.6 is 11.6 Å². The van der Waals surface area contributed by atoms with Crippen molar-refractivity contribution in [2.75, 3.05) is 34.3 Å². The summed E-state index contributed by atoms with van der Waals surface area (Å²) in [5.41, 5.74) is -0.199. The van der Waals surface area contributed by atoms with Gasteiger partial charge in [-0.1, -0.05) is 11.6 Å². The summed E-state index contributed by atoms with van der Waals surface area (Å²) in [6, 6.07) is 3.51.